The van der Waals surface area contributed by atoms with Gasteiger partial charge in [-0.25, -0.2) is 0 Å². The van der Waals surface area contributed by atoms with E-state index >= 15 is 0 Å². The van der Waals surface area contributed by atoms with Gasteiger partial charge in [0.25, 0.3) is 0 Å². The van der Waals surface area contributed by atoms with Gasteiger partial charge in [-0.2, -0.15) is 0 Å². The van der Waals surface area contributed by atoms with Crippen LogP contribution in [0.3, 0.4) is 0 Å². The van der Waals surface area contributed by atoms with Crippen molar-refractivity contribution in [3.63, 3.8) is 0 Å². The zero-order chi connectivity index (χ0) is 22.5. The molecule has 4 N–H and O–H groups in total. The Morgan fingerprint density at radius 3 is 2.44 bits per heavy atom. The smallest absolute Gasteiger partial charge is 0.304 e. The number of nitrogens with one attached hydrogen (secondary N) is 1. The minimum atomic E-state index is -0.974. The van der Waals surface area contributed by atoms with Gasteiger partial charge in [0.05, 0.1) is 12.3 Å². The second-order valence-electron chi connectivity index (χ2n) is 8.45. The number of hydrogen-bond donors (Lipinski definition) is 3. The maximum Gasteiger partial charge on any atom is 0.304 e. The Labute approximate surface area is 197 Å². The standard InChI is InChI=1S/C24H37N3O4.ClH/c25-14-8-3-1-2-7-13-22(28)26-17-20-18-27(24(31)21(20)16-23(29)30)15-9-12-19-10-5-4-6-11-19;/h4-6,10-11,20-21H,1-3,7-9,12-18,25H2,(H,26,28)(H,29,30);1H. The van der Waals surface area contributed by atoms with Crippen molar-refractivity contribution in [2.45, 2.75) is 57.8 Å². The molecule has 32 heavy (non-hydrogen) atoms. The van der Waals surface area contributed by atoms with Crippen molar-refractivity contribution in [2.75, 3.05) is 26.2 Å². The number of carbonyl (C=O) groups excluding carboxylic acids is 2. The molecule has 2 unspecified atom stereocenters. The summed E-state index contributed by atoms with van der Waals surface area (Å²) in [5.74, 6) is -1.82. The van der Waals surface area contributed by atoms with E-state index in [1.165, 1.54) is 5.56 Å². The van der Waals surface area contributed by atoms with Gasteiger partial charge in [0.15, 0.2) is 0 Å². The number of carboxylic acids is 1. The van der Waals surface area contributed by atoms with E-state index in [1.807, 2.05) is 18.2 Å². The summed E-state index contributed by atoms with van der Waals surface area (Å²) in [6.07, 6.45) is 7.04. The molecule has 0 aromatic heterocycles. The fourth-order valence-electron chi connectivity index (χ4n) is 4.20. The molecular formula is C24H38ClN3O4. The van der Waals surface area contributed by atoms with Crippen LogP contribution < -0.4 is 11.1 Å². The van der Waals surface area contributed by atoms with Gasteiger partial charge in [0.2, 0.25) is 11.8 Å². The molecule has 0 bridgehead atoms. The molecule has 1 fully saturated rings. The third-order valence-corrected chi connectivity index (χ3v) is 5.95. The third-order valence-electron chi connectivity index (χ3n) is 5.95. The van der Waals surface area contributed by atoms with Gasteiger partial charge >= 0.3 is 5.97 Å². The molecule has 1 heterocycles. The monoisotopic (exact) mass is 467 g/mol. The molecule has 8 heteroatoms. The summed E-state index contributed by atoms with van der Waals surface area (Å²) in [7, 11) is 0. The first kappa shape index (κ1) is 27.9. The second-order valence-corrected chi connectivity index (χ2v) is 8.45. The predicted octanol–water partition coefficient (Wildman–Crippen LogP) is 3.01. The fourth-order valence-corrected chi connectivity index (χ4v) is 4.20. The van der Waals surface area contributed by atoms with Crippen LogP contribution in [0.2, 0.25) is 0 Å². The van der Waals surface area contributed by atoms with Crippen molar-refractivity contribution in [2.24, 2.45) is 17.6 Å². The number of nitrogens with zero attached hydrogens (tertiary/aromatic N) is 1. The number of carbonyl (C=O) groups is 3. The van der Waals surface area contributed by atoms with E-state index in [4.69, 9.17) is 5.73 Å². The molecule has 1 aliphatic heterocycles. The normalized spacial score (nSPS) is 17.8. The number of aliphatic carboxylic acids is 1. The van der Waals surface area contributed by atoms with Gasteiger partial charge in [-0.05, 0) is 37.8 Å². The summed E-state index contributed by atoms with van der Waals surface area (Å²) >= 11 is 0. The molecule has 2 rings (SSSR count). The van der Waals surface area contributed by atoms with Crippen molar-refractivity contribution in [3.05, 3.63) is 35.9 Å². The van der Waals surface area contributed by atoms with Crippen molar-refractivity contribution in [1.82, 2.24) is 10.2 Å². The van der Waals surface area contributed by atoms with Crippen LogP contribution >= 0.6 is 12.4 Å². The Balaban J connectivity index is 0.00000512. The Hall–Kier alpha value is -2.12. The lowest BCUT2D eigenvalue weighted by Gasteiger charge is -2.17. The third kappa shape index (κ3) is 10.0. The molecule has 0 saturated carbocycles. The molecule has 0 aliphatic carbocycles. The topological polar surface area (TPSA) is 113 Å². The molecule has 2 atom stereocenters. The van der Waals surface area contributed by atoms with Crippen LogP contribution in [0.25, 0.3) is 0 Å². The van der Waals surface area contributed by atoms with Crippen LogP contribution in [-0.2, 0) is 20.8 Å². The van der Waals surface area contributed by atoms with Crippen molar-refractivity contribution in [1.29, 1.82) is 0 Å². The Bertz CT molecular complexity index is 702. The van der Waals surface area contributed by atoms with E-state index in [9.17, 15) is 19.5 Å². The molecular weight excluding hydrogens is 430 g/mol. The number of hydrogen-bond acceptors (Lipinski definition) is 4. The summed E-state index contributed by atoms with van der Waals surface area (Å²) in [6.45, 7) is 2.17. The van der Waals surface area contributed by atoms with Crippen LogP contribution in [-0.4, -0.2) is 54.0 Å². The van der Waals surface area contributed by atoms with E-state index in [2.05, 4.69) is 17.4 Å². The molecule has 0 spiro atoms. The van der Waals surface area contributed by atoms with Crippen LogP contribution in [0.15, 0.2) is 30.3 Å². The molecule has 2 amide bonds. The van der Waals surface area contributed by atoms with Crippen LogP contribution in [0.4, 0.5) is 0 Å². The Kier molecular flexibility index (Phi) is 13.6. The van der Waals surface area contributed by atoms with Gasteiger partial charge < -0.3 is 21.1 Å². The number of unbranched alkanes of at least 4 members (excludes halogenated alkanes) is 4. The second kappa shape index (κ2) is 15.6. The zero-order valence-electron chi connectivity index (χ0n) is 18.8. The van der Waals surface area contributed by atoms with Crippen molar-refractivity contribution < 1.29 is 19.5 Å². The fraction of sp³-hybridized carbons (Fsp3) is 0.625. The van der Waals surface area contributed by atoms with Crippen molar-refractivity contribution >= 4 is 30.2 Å². The average Bonchev–Trinajstić information content (AvgIpc) is 3.04. The number of carboxylic acid groups (broad SMARTS) is 1. The Morgan fingerprint density at radius 1 is 1.06 bits per heavy atom. The van der Waals surface area contributed by atoms with Gasteiger partial charge in [0.1, 0.15) is 0 Å². The van der Waals surface area contributed by atoms with Crippen molar-refractivity contribution in [3.8, 4) is 0 Å². The predicted molar refractivity (Wildman–Crippen MR) is 128 cm³/mol. The van der Waals surface area contributed by atoms with Gasteiger partial charge in [-0.15, -0.1) is 12.4 Å². The highest BCUT2D eigenvalue weighted by Crippen LogP contribution is 2.28. The summed E-state index contributed by atoms with van der Waals surface area (Å²) < 4.78 is 0. The summed E-state index contributed by atoms with van der Waals surface area (Å²) in [4.78, 5) is 38.0. The quantitative estimate of drug-likeness (QED) is 0.343. The maximum absolute atomic E-state index is 12.8. The van der Waals surface area contributed by atoms with Crippen LogP contribution in [0.1, 0.15) is 56.9 Å². The van der Waals surface area contributed by atoms with Crippen LogP contribution in [0.5, 0.6) is 0 Å². The first-order valence-corrected chi connectivity index (χ1v) is 11.5. The molecule has 180 valence electrons. The molecule has 1 aromatic rings. The summed E-state index contributed by atoms with van der Waals surface area (Å²) in [5, 5.41) is 12.2. The number of amides is 2. The van der Waals surface area contributed by atoms with E-state index in [1.54, 1.807) is 4.90 Å². The number of rotatable bonds is 15. The first-order chi connectivity index (χ1) is 15.0. The molecule has 1 aliphatic rings. The first-order valence-electron chi connectivity index (χ1n) is 11.5. The SMILES string of the molecule is Cl.NCCCCCCCC(=O)NCC1CN(CCCc2ccccc2)C(=O)C1CC(=O)O. The van der Waals surface area contributed by atoms with E-state index in [0.29, 0.717) is 32.6 Å². The minimum absolute atomic E-state index is 0. The number of halogens is 1. The Morgan fingerprint density at radius 2 is 1.75 bits per heavy atom. The largest absolute Gasteiger partial charge is 0.481 e. The van der Waals surface area contributed by atoms with E-state index < -0.39 is 11.9 Å². The molecule has 0 radical (unpaired) electrons. The summed E-state index contributed by atoms with van der Waals surface area (Å²) in [5.41, 5.74) is 6.70. The number of aryl methyl sites for hydroxylation is 1. The maximum atomic E-state index is 12.8. The van der Waals surface area contributed by atoms with Gasteiger partial charge in [0, 0.05) is 32.0 Å². The van der Waals surface area contributed by atoms with Gasteiger partial charge in [-0.3, -0.25) is 14.4 Å². The minimum Gasteiger partial charge on any atom is -0.481 e. The number of nitrogens with two attached hydrogens (primary N) is 1. The average molecular weight is 468 g/mol. The number of likely N-dealkylation sites (tertiary alicyclic amines) is 1. The highest BCUT2D eigenvalue weighted by atomic mass is 35.5. The molecule has 7 nitrogen and oxygen atoms in total. The lowest BCUT2D eigenvalue weighted by atomic mass is 9.92. The van der Waals surface area contributed by atoms with E-state index in [0.717, 1.165) is 44.9 Å². The van der Waals surface area contributed by atoms with Crippen LogP contribution in [0, 0.1) is 11.8 Å². The van der Waals surface area contributed by atoms with Gasteiger partial charge in [-0.1, -0.05) is 49.6 Å². The van der Waals surface area contributed by atoms with E-state index in [-0.39, 0.29) is 36.6 Å². The zero-order valence-corrected chi connectivity index (χ0v) is 19.7. The molecule has 1 aromatic carbocycles. The highest BCUT2D eigenvalue weighted by molar-refractivity contribution is 5.86. The molecule has 1 saturated heterocycles. The summed E-state index contributed by atoms with van der Waals surface area (Å²) in [6, 6.07) is 10.1. The lowest BCUT2D eigenvalue weighted by molar-refractivity contribution is -0.142. The lowest BCUT2D eigenvalue weighted by Crippen LogP contribution is -2.33. The number of benzene rings is 1. The highest BCUT2D eigenvalue weighted by Gasteiger charge is 2.41.